The number of carbonyl (C=O) groups excluding carboxylic acids is 1. The number of benzene rings is 1. The van der Waals surface area contributed by atoms with Crippen molar-refractivity contribution in [2.75, 3.05) is 13.2 Å². The zero-order valence-electron chi connectivity index (χ0n) is 9.44. The lowest BCUT2D eigenvalue weighted by Crippen LogP contribution is -2.14. The fraction of sp³-hybridized carbons (Fsp3) is 0.308. The van der Waals surface area contributed by atoms with Crippen LogP contribution in [0.25, 0.3) is 0 Å². The van der Waals surface area contributed by atoms with Crippen LogP contribution in [0.4, 0.5) is 0 Å². The topological polar surface area (TPSA) is 35.5 Å². The smallest absolute Gasteiger partial charge is 0.344 e. The van der Waals surface area contributed by atoms with E-state index < -0.39 is 0 Å². The second kappa shape index (κ2) is 6.67. The summed E-state index contributed by atoms with van der Waals surface area (Å²) >= 11 is 0. The Labute approximate surface area is 95.7 Å². The summed E-state index contributed by atoms with van der Waals surface area (Å²) < 4.78 is 10.0. The Morgan fingerprint density at radius 2 is 2.06 bits per heavy atom. The molecule has 0 N–H and O–H groups in total. The molecule has 0 fully saturated rings. The average molecular weight is 220 g/mol. The van der Waals surface area contributed by atoms with E-state index in [1.54, 1.807) is 6.92 Å². The number of allylic oxidation sites excluding steroid dienone is 1. The van der Waals surface area contributed by atoms with E-state index >= 15 is 0 Å². The van der Waals surface area contributed by atoms with Crippen molar-refractivity contribution in [3.8, 4) is 5.75 Å². The quantitative estimate of drug-likeness (QED) is 0.545. The second-order valence-electron chi connectivity index (χ2n) is 3.23. The van der Waals surface area contributed by atoms with Gasteiger partial charge < -0.3 is 9.47 Å². The van der Waals surface area contributed by atoms with Crippen molar-refractivity contribution in [1.29, 1.82) is 0 Å². The Balaban J connectivity index is 2.42. The molecule has 1 aromatic rings. The first-order valence-electron chi connectivity index (χ1n) is 5.24. The summed E-state index contributed by atoms with van der Waals surface area (Å²) in [6.07, 6.45) is 2.67. The van der Waals surface area contributed by atoms with Crippen molar-refractivity contribution in [3.63, 3.8) is 0 Å². The number of carbonyl (C=O) groups is 1. The van der Waals surface area contributed by atoms with Crippen LogP contribution in [0, 0.1) is 0 Å². The number of ether oxygens (including phenoxy) is 2. The molecule has 0 heterocycles. The fourth-order valence-electron chi connectivity index (χ4n) is 1.23. The lowest BCUT2D eigenvalue weighted by Gasteiger charge is -2.06. The molecule has 0 radical (unpaired) electrons. The van der Waals surface area contributed by atoms with Crippen LogP contribution in [-0.4, -0.2) is 19.2 Å². The van der Waals surface area contributed by atoms with Crippen molar-refractivity contribution in [2.45, 2.75) is 13.3 Å². The predicted molar refractivity (Wildman–Crippen MR) is 62.5 cm³/mol. The van der Waals surface area contributed by atoms with Gasteiger partial charge in [0.15, 0.2) is 6.61 Å². The highest BCUT2D eigenvalue weighted by atomic mass is 16.6. The van der Waals surface area contributed by atoms with Crippen LogP contribution in [0.2, 0.25) is 0 Å². The van der Waals surface area contributed by atoms with Crippen molar-refractivity contribution in [3.05, 3.63) is 42.5 Å². The molecule has 1 rings (SSSR count). The lowest BCUT2D eigenvalue weighted by atomic mass is 10.1. The number of hydrogen-bond acceptors (Lipinski definition) is 3. The van der Waals surface area contributed by atoms with Crippen LogP contribution in [-0.2, 0) is 16.0 Å². The molecule has 0 aromatic heterocycles. The van der Waals surface area contributed by atoms with Crippen molar-refractivity contribution in [1.82, 2.24) is 0 Å². The normalized spacial score (nSPS) is 9.56. The second-order valence-corrected chi connectivity index (χ2v) is 3.23. The third-order valence-corrected chi connectivity index (χ3v) is 1.97. The van der Waals surface area contributed by atoms with E-state index in [4.69, 9.17) is 9.47 Å². The van der Waals surface area contributed by atoms with Gasteiger partial charge in [-0.05, 0) is 31.0 Å². The van der Waals surface area contributed by atoms with Crippen molar-refractivity contribution >= 4 is 5.97 Å². The van der Waals surface area contributed by atoms with E-state index in [-0.39, 0.29) is 12.6 Å². The van der Waals surface area contributed by atoms with Gasteiger partial charge in [-0.1, -0.05) is 18.2 Å². The molecular formula is C13H16O3. The Kier molecular flexibility index (Phi) is 5.12. The van der Waals surface area contributed by atoms with Crippen molar-refractivity contribution in [2.24, 2.45) is 0 Å². The van der Waals surface area contributed by atoms with Gasteiger partial charge in [0.2, 0.25) is 0 Å². The van der Waals surface area contributed by atoms with Gasteiger partial charge in [0, 0.05) is 0 Å². The van der Waals surface area contributed by atoms with Crippen LogP contribution in [0.5, 0.6) is 5.75 Å². The minimum atomic E-state index is -0.349. The molecule has 0 bridgehead atoms. The molecule has 0 aliphatic heterocycles. The molecule has 0 aliphatic carbocycles. The highest BCUT2D eigenvalue weighted by molar-refractivity contribution is 5.71. The van der Waals surface area contributed by atoms with Gasteiger partial charge in [-0.3, -0.25) is 0 Å². The Bertz CT molecular complexity index is 341. The monoisotopic (exact) mass is 220 g/mol. The van der Waals surface area contributed by atoms with Gasteiger partial charge in [-0.2, -0.15) is 0 Å². The van der Waals surface area contributed by atoms with Crippen LogP contribution >= 0.6 is 0 Å². The summed E-state index contributed by atoms with van der Waals surface area (Å²) in [6.45, 7) is 5.76. The van der Waals surface area contributed by atoms with Gasteiger partial charge in [-0.25, -0.2) is 4.79 Å². The molecule has 3 nitrogen and oxygen atoms in total. The molecule has 3 heteroatoms. The van der Waals surface area contributed by atoms with Crippen LogP contribution < -0.4 is 4.74 Å². The maximum Gasteiger partial charge on any atom is 0.344 e. The molecule has 86 valence electrons. The first-order chi connectivity index (χ1) is 7.76. The summed E-state index contributed by atoms with van der Waals surface area (Å²) in [5.41, 5.74) is 1.17. The molecule has 1 aromatic carbocycles. The van der Waals surface area contributed by atoms with E-state index in [1.807, 2.05) is 30.3 Å². The SMILES string of the molecule is C=CCc1ccc(OCC(=O)OCC)cc1. The molecular weight excluding hydrogens is 204 g/mol. The standard InChI is InChI=1S/C13H16O3/c1-3-5-11-6-8-12(9-7-11)16-10-13(14)15-4-2/h3,6-9H,1,4-5,10H2,2H3. The number of rotatable bonds is 6. The summed E-state index contributed by atoms with van der Waals surface area (Å²) in [6, 6.07) is 7.56. The third kappa shape index (κ3) is 4.17. The highest BCUT2D eigenvalue weighted by Gasteiger charge is 2.02. The highest BCUT2D eigenvalue weighted by Crippen LogP contribution is 2.12. The molecule has 0 atom stereocenters. The van der Waals surface area contributed by atoms with E-state index in [9.17, 15) is 4.79 Å². The van der Waals surface area contributed by atoms with E-state index in [0.29, 0.717) is 12.4 Å². The van der Waals surface area contributed by atoms with Gasteiger partial charge in [0.1, 0.15) is 5.75 Å². The largest absolute Gasteiger partial charge is 0.482 e. The molecule has 0 unspecified atom stereocenters. The number of hydrogen-bond donors (Lipinski definition) is 0. The van der Waals surface area contributed by atoms with Gasteiger partial charge in [0.25, 0.3) is 0 Å². The zero-order valence-corrected chi connectivity index (χ0v) is 9.44. The summed E-state index contributed by atoms with van der Waals surface area (Å²) in [7, 11) is 0. The Hall–Kier alpha value is -1.77. The van der Waals surface area contributed by atoms with E-state index in [2.05, 4.69) is 6.58 Å². The lowest BCUT2D eigenvalue weighted by molar-refractivity contribution is -0.145. The molecule has 0 aliphatic rings. The van der Waals surface area contributed by atoms with Gasteiger partial charge in [0.05, 0.1) is 6.61 Å². The first kappa shape index (κ1) is 12.3. The third-order valence-electron chi connectivity index (χ3n) is 1.97. The zero-order chi connectivity index (χ0) is 11.8. The van der Waals surface area contributed by atoms with E-state index in [0.717, 1.165) is 6.42 Å². The molecule has 16 heavy (non-hydrogen) atoms. The Morgan fingerprint density at radius 1 is 1.38 bits per heavy atom. The maximum atomic E-state index is 11.0. The molecule has 0 spiro atoms. The first-order valence-corrected chi connectivity index (χ1v) is 5.24. The van der Waals surface area contributed by atoms with E-state index in [1.165, 1.54) is 5.56 Å². The molecule has 0 amide bonds. The minimum Gasteiger partial charge on any atom is -0.482 e. The van der Waals surface area contributed by atoms with Crippen LogP contribution in [0.1, 0.15) is 12.5 Å². The van der Waals surface area contributed by atoms with Gasteiger partial charge in [-0.15, -0.1) is 6.58 Å². The Morgan fingerprint density at radius 3 is 2.62 bits per heavy atom. The minimum absolute atomic E-state index is 0.0470. The number of esters is 1. The predicted octanol–water partition coefficient (Wildman–Crippen LogP) is 2.36. The van der Waals surface area contributed by atoms with Crippen LogP contribution in [0.3, 0.4) is 0 Å². The van der Waals surface area contributed by atoms with Gasteiger partial charge >= 0.3 is 5.97 Å². The average Bonchev–Trinajstić information content (AvgIpc) is 2.29. The van der Waals surface area contributed by atoms with Crippen molar-refractivity contribution < 1.29 is 14.3 Å². The summed E-state index contributed by atoms with van der Waals surface area (Å²) in [4.78, 5) is 11.0. The van der Waals surface area contributed by atoms with Crippen LogP contribution in [0.15, 0.2) is 36.9 Å². The summed E-state index contributed by atoms with van der Waals surface area (Å²) in [5.74, 6) is 0.318. The fourth-order valence-corrected chi connectivity index (χ4v) is 1.23. The maximum absolute atomic E-state index is 11.0. The molecule has 0 saturated heterocycles. The molecule has 0 saturated carbocycles. The summed E-state index contributed by atoms with van der Waals surface area (Å²) in [5, 5.41) is 0.